The van der Waals surface area contributed by atoms with Crippen molar-refractivity contribution in [3.8, 4) is 0 Å². The topological polar surface area (TPSA) is 37.3 Å². The molecule has 0 heterocycles. The average Bonchev–Trinajstić information content (AvgIpc) is 2.83. The molecule has 0 spiro atoms. The first-order chi connectivity index (χ1) is 10.9. The normalized spacial score (nSPS) is 49.4. The van der Waals surface area contributed by atoms with Gasteiger partial charge in [-0.15, -0.1) is 0 Å². The molecule has 4 rings (SSSR count). The molecule has 0 bridgehead atoms. The van der Waals surface area contributed by atoms with Crippen molar-refractivity contribution in [3.63, 3.8) is 0 Å². The number of hydrogen-bond acceptors (Lipinski definition) is 2. The quantitative estimate of drug-likeness (QED) is 0.777. The van der Waals surface area contributed by atoms with E-state index in [9.17, 15) is 9.90 Å². The predicted octanol–water partition coefficient (Wildman–Crippen LogP) is 4.44. The maximum atomic E-state index is 12.5. The highest BCUT2D eigenvalue weighted by Crippen LogP contribution is 2.65. The van der Waals surface area contributed by atoms with Gasteiger partial charge in [-0.2, -0.15) is 0 Å². The van der Waals surface area contributed by atoms with Gasteiger partial charge in [-0.25, -0.2) is 0 Å². The second-order valence-corrected chi connectivity index (χ2v) is 9.02. The van der Waals surface area contributed by atoms with Crippen molar-refractivity contribution in [1.29, 1.82) is 0 Å². The summed E-state index contributed by atoms with van der Waals surface area (Å²) in [6.07, 6.45) is 9.96. The van der Waals surface area contributed by atoms with Crippen molar-refractivity contribution in [1.82, 2.24) is 0 Å². The highest BCUT2D eigenvalue weighted by atomic mass is 16.3. The minimum atomic E-state index is -0.175. The van der Waals surface area contributed by atoms with E-state index in [2.05, 4.69) is 20.4 Å². The van der Waals surface area contributed by atoms with Crippen LogP contribution >= 0.6 is 0 Å². The van der Waals surface area contributed by atoms with E-state index in [0.717, 1.165) is 44.9 Å². The molecule has 126 valence electrons. The Morgan fingerprint density at radius 2 is 1.78 bits per heavy atom. The molecule has 0 aromatic rings. The molecule has 1 N–H and O–H groups in total. The lowest BCUT2D eigenvalue weighted by atomic mass is 9.47. The molecule has 0 aromatic carbocycles. The second kappa shape index (κ2) is 5.05. The number of hydrogen-bond donors (Lipinski definition) is 1. The number of ketones is 1. The molecule has 4 aliphatic rings. The van der Waals surface area contributed by atoms with E-state index < -0.39 is 0 Å². The van der Waals surface area contributed by atoms with Crippen molar-refractivity contribution in [2.75, 3.05) is 0 Å². The summed E-state index contributed by atoms with van der Waals surface area (Å²) in [5, 5.41) is 10.2. The lowest BCUT2D eigenvalue weighted by Crippen LogP contribution is -2.51. The molecule has 23 heavy (non-hydrogen) atoms. The van der Waals surface area contributed by atoms with E-state index >= 15 is 0 Å². The van der Waals surface area contributed by atoms with Crippen molar-refractivity contribution in [2.45, 2.75) is 71.3 Å². The van der Waals surface area contributed by atoms with Gasteiger partial charge >= 0.3 is 0 Å². The maximum absolute atomic E-state index is 12.5. The van der Waals surface area contributed by atoms with Crippen LogP contribution in [0, 0.1) is 28.6 Å². The molecule has 3 fully saturated rings. The Balaban J connectivity index is 1.77. The van der Waals surface area contributed by atoms with Crippen LogP contribution in [-0.4, -0.2) is 17.0 Å². The third kappa shape index (κ3) is 2.00. The van der Waals surface area contributed by atoms with Crippen molar-refractivity contribution in [2.24, 2.45) is 28.6 Å². The van der Waals surface area contributed by atoms with E-state index in [1.54, 1.807) is 0 Å². The highest BCUT2D eigenvalue weighted by Gasteiger charge is 2.59. The van der Waals surface area contributed by atoms with Crippen LogP contribution in [-0.2, 0) is 4.79 Å². The predicted molar refractivity (Wildman–Crippen MR) is 91.9 cm³/mol. The van der Waals surface area contributed by atoms with Gasteiger partial charge in [0.1, 0.15) is 5.78 Å². The smallest absolute Gasteiger partial charge is 0.139 e. The lowest BCUT2D eigenvalue weighted by Gasteiger charge is -2.57. The van der Waals surface area contributed by atoms with Crippen LogP contribution < -0.4 is 0 Å². The molecular weight excluding hydrogens is 284 g/mol. The van der Waals surface area contributed by atoms with Gasteiger partial charge < -0.3 is 5.11 Å². The first-order valence-electron chi connectivity index (χ1n) is 9.46. The van der Waals surface area contributed by atoms with Gasteiger partial charge in [0.05, 0.1) is 6.10 Å². The molecular formula is C21H30O2. The molecule has 2 heteroatoms. The van der Waals surface area contributed by atoms with Crippen LogP contribution in [0.25, 0.3) is 0 Å². The summed E-state index contributed by atoms with van der Waals surface area (Å²) in [6, 6.07) is 0. The number of allylic oxidation sites excluding steroid dienone is 2. The molecule has 0 amide bonds. The summed E-state index contributed by atoms with van der Waals surface area (Å²) in [7, 11) is 0. The molecule has 4 aliphatic carbocycles. The second-order valence-electron chi connectivity index (χ2n) is 9.02. The third-order valence-electron chi connectivity index (χ3n) is 8.18. The van der Waals surface area contributed by atoms with Crippen LogP contribution in [0.4, 0.5) is 0 Å². The summed E-state index contributed by atoms with van der Waals surface area (Å²) in [6.45, 7) is 8.76. The highest BCUT2D eigenvalue weighted by molar-refractivity contribution is 5.87. The third-order valence-corrected chi connectivity index (χ3v) is 8.18. The number of Topliss-reactive ketones (excluding diaryl/α,β-unsaturated/α-hetero) is 1. The maximum Gasteiger partial charge on any atom is 0.139 e. The Hall–Kier alpha value is -0.890. The molecule has 1 unspecified atom stereocenters. The zero-order valence-electron chi connectivity index (χ0n) is 14.6. The largest absolute Gasteiger partial charge is 0.393 e. The van der Waals surface area contributed by atoms with Gasteiger partial charge in [0.25, 0.3) is 0 Å². The van der Waals surface area contributed by atoms with Gasteiger partial charge in [0.2, 0.25) is 0 Å². The fourth-order valence-electron chi connectivity index (χ4n) is 6.81. The minimum Gasteiger partial charge on any atom is -0.393 e. The zero-order valence-corrected chi connectivity index (χ0v) is 14.6. The van der Waals surface area contributed by atoms with Crippen LogP contribution in [0.5, 0.6) is 0 Å². The summed E-state index contributed by atoms with van der Waals surface area (Å²) in [5.74, 6) is 2.41. The molecule has 2 nitrogen and oxygen atoms in total. The molecule has 0 radical (unpaired) electrons. The number of carbonyl (C=O) groups excluding carboxylic acids is 1. The zero-order chi connectivity index (χ0) is 16.4. The molecule has 6 atom stereocenters. The number of aliphatic hydroxyl groups excluding tert-OH is 1. The summed E-state index contributed by atoms with van der Waals surface area (Å²) in [4.78, 5) is 12.5. The number of aliphatic hydroxyl groups is 1. The average molecular weight is 314 g/mol. The Morgan fingerprint density at radius 3 is 2.52 bits per heavy atom. The van der Waals surface area contributed by atoms with Crippen molar-refractivity contribution >= 4 is 5.78 Å². The number of carbonyl (C=O) groups is 1. The first kappa shape index (κ1) is 15.6. The van der Waals surface area contributed by atoms with E-state index in [1.807, 2.05) is 6.08 Å². The Kier molecular flexibility index (Phi) is 3.43. The van der Waals surface area contributed by atoms with Crippen molar-refractivity contribution in [3.05, 3.63) is 23.8 Å². The van der Waals surface area contributed by atoms with Crippen LogP contribution in [0.15, 0.2) is 23.8 Å². The van der Waals surface area contributed by atoms with Gasteiger partial charge in [0.15, 0.2) is 0 Å². The summed E-state index contributed by atoms with van der Waals surface area (Å²) < 4.78 is 0. The van der Waals surface area contributed by atoms with E-state index in [-0.39, 0.29) is 16.9 Å². The monoisotopic (exact) mass is 314 g/mol. The van der Waals surface area contributed by atoms with Crippen LogP contribution in [0.3, 0.4) is 0 Å². The standard InChI is InChI=1S/C21H30O2/c1-4-13-11-15-16-5-6-19(23)21(16,3)10-8-17(15)20(2)9-7-14(22)12-18(13)20/h4,14-17,22H,1,5-12H2,2-3H3/t14?,15-,16-,17+,20+,21-/m0/s1. The Bertz CT molecular complexity index is 589. The fourth-order valence-corrected chi connectivity index (χ4v) is 6.81. The molecule has 0 aromatic heterocycles. The summed E-state index contributed by atoms with van der Waals surface area (Å²) >= 11 is 0. The first-order valence-corrected chi connectivity index (χ1v) is 9.46. The van der Waals surface area contributed by atoms with E-state index in [1.165, 1.54) is 17.6 Å². The van der Waals surface area contributed by atoms with Gasteiger partial charge in [0, 0.05) is 11.8 Å². The summed E-state index contributed by atoms with van der Waals surface area (Å²) in [5.41, 5.74) is 3.03. The number of fused-ring (bicyclic) bond motifs is 5. The van der Waals surface area contributed by atoms with Crippen LogP contribution in [0.2, 0.25) is 0 Å². The van der Waals surface area contributed by atoms with Gasteiger partial charge in [-0.1, -0.05) is 32.1 Å². The minimum absolute atomic E-state index is 0.0600. The van der Waals surface area contributed by atoms with E-state index in [4.69, 9.17) is 0 Å². The Morgan fingerprint density at radius 1 is 1.09 bits per heavy atom. The molecule has 0 aliphatic heterocycles. The van der Waals surface area contributed by atoms with Gasteiger partial charge in [-0.3, -0.25) is 4.79 Å². The number of rotatable bonds is 1. The Labute approximate surface area is 140 Å². The SMILES string of the molecule is C=CC1=C2CC(O)CC[C@]2(C)[C@@H]2CC[C@]3(C)C(=O)CC[C@H]3[C@@H]2C1. The van der Waals surface area contributed by atoms with Gasteiger partial charge in [-0.05, 0) is 73.7 Å². The van der Waals surface area contributed by atoms with Crippen molar-refractivity contribution < 1.29 is 9.90 Å². The molecule has 3 saturated carbocycles. The van der Waals surface area contributed by atoms with E-state index in [0.29, 0.717) is 23.5 Å². The fraction of sp³-hybridized carbons (Fsp3) is 0.762. The molecule has 0 saturated heterocycles. The lowest BCUT2D eigenvalue weighted by molar-refractivity contribution is -0.132. The van der Waals surface area contributed by atoms with Crippen LogP contribution in [0.1, 0.15) is 65.2 Å².